The fraction of sp³-hybridized carbons (Fsp3) is 0.438. The lowest BCUT2D eigenvalue weighted by Gasteiger charge is -2.26. The minimum Gasteiger partial charge on any atom is -0.480 e. The fourth-order valence-electron chi connectivity index (χ4n) is 2.91. The number of carboxylic acids is 1. The highest BCUT2D eigenvalue weighted by molar-refractivity contribution is 5.85. The van der Waals surface area contributed by atoms with Crippen LogP contribution in [0.5, 0.6) is 0 Å². The third kappa shape index (κ3) is 2.43. The number of benzene rings is 1. The van der Waals surface area contributed by atoms with E-state index in [2.05, 4.69) is 22.9 Å². The van der Waals surface area contributed by atoms with Crippen LogP contribution in [0, 0.1) is 5.92 Å². The Labute approximate surface area is 118 Å². The normalized spacial score (nSPS) is 17.1. The van der Waals surface area contributed by atoms with Crippen LogP contribution >= 0.6 is 0 Å². The molecule has 4 heteroatoms. The molecule has 0 saturated heterocycles. The van der Waals surface area contributed by atoms with Gasteiger partial charge in [-0.2, -0.15) is 0 Å². The Hall–Kier alpha value is -1.81. The zero-order valence-corrected chi connectivity index (χ0v) is 11.5. The summed E-state index contributed by atoms with van der Waals surface area (Å²) in [4.78, 5) is 10.9. The highest BCUT2D eigenvalue weighted by Gasteiger charge is 2.20. The standard InChI is InChI=1S/C16H20N2O2/c17-14(16(19)20)8-12-10-18(9-11-4-3-5-11)15-7-2-1-6-13(12)15/h1-2,6-7,10-11,14H,3-5,8-9,17H2,(H,19,20)/t14-/m0/s1. The van der Waals surface area contributed by atoms with Gasteiger partial charge in [0.1, 0.15) is 6.04 Å². The number of para-hydroxylation sites is 1. The molecule has 1 aromatic heterocycles. The number of nitrogens with two attached hydrogens (primary N) is 1. The molecule has 3 rings (SSSR count). The van der Waals surface area contributed by atoms with Crippen LogP contribution in [0.1, 0.15) is 24.8 Å². The van der Waals surface area contributed by atoms with Crippen molar-refractivity contribution in [2.75, 3.05) is 0 Å². The third-order valence-electron chi connectivity index (χ3n) is 4.31. The number of fused-ring (bicyclic) bond motifs is 1. The summed E-state index contributed by atoms with van der Waals surface area (Å²) in [7, 11) is 0. The maximum atomic E-state index is 10.9. The van der Waals surface area contributed by atoms with Crippen LogP contribution in [0.2, 0.25) is 0 Å². The van der Waals surface area contributed by atoms with E-state index in [1.165, 1.54) is 24.8 Å². The molecule has 1 aliphatic carbocycles. The molecule has 3 N–H and O–H groups in total. The second-order valence-electron chi connectivity index (χ2n) is 5.77. The van der Waals surface area contributed by atoms with Crippen LogP contribution in [0.25, 0.3) is 10.9 Å². The van der Waals surface area contributed by atoms with Crippen LogP contribution in [0.4, 0.5) is 0 Å². The Balaban J connectivity index is 1.92. The molecular weight excluding hydrogens is 252 g/mol. The highest BCUT2D eigenvalue weighted by Crippen LogP contribution is 2.30. The second kappa shape index (κ2) is 5.29. The van der Waals surface area contributed by atoms with Crippen LogP contribution in [0.3, 0.4) is 0 Å². The van der Waals surface area contributed by atoms with Gasteiger partial charge in [0, 0.05) is 30.1 Å². The minimum absolute atomic E-state index is 0.382. The molecule has 1 fully saturated rings. The first-order chi connectivity index (χ1) is 9.65. The molecule has 1 heterocycles. The first-order valence-electron chi connectivity index (χ1n) is 7.20. The van der Waals surface area contributed by atoms with Crippen molar-refractivity contribution in [1.82, 2.24) is 4.57 Å². The summed E-state index contributed by atoms with van der Waals surface area (Å²) in [5.41, 5.74) is 7.90. The zero-order valence-electron chi connectivity index (χ0n) is 11.5. The van der Waals surface area contributed by atoms with Gasteiger partial charge in [-0.1, -0.05) is 24.6 Å². The lowest BCUT2D eigenvalue weighted by molar-refractivity contribution is -0.138. The van der Waals surface area contributed by atoms with Crippen molar-refractivity contribution in [2.45, 2.75) is 38.3 Å². The third-order valence-corrected chi connectivity index (χ3v) is 4.31. The predicted molar refractivity (Wildman–Crippen MR) is 78.6 cm³/mol. The van der Waals surface area contributed by atoms with E-state index >= 15 is 0 Å². The molecule has 0 aliphatic heterocycles. The Morgan fingerprint density at radius 2 is 2.15 bits per heavy atom. The van der Waals surface area contributed by atoms with Crippen molar-refractivity contribution in [2.24, 2.45) is 11.7 Å². The van der Waals surface area contributed by atoms with E-state index in [9.17, 15) is 4.79 Å². The predicted octanol–water partition coefficient (Wildman–Crippen LogP) is 2.40. The van der Waals surface area contributed by atoms with Crippen LogP contribution in [-0.2, 0) is 17.8 Å². The molecular formula is C16H20N2O2. The van der Waals surface area contributed by atoms with Gasteiger partial charge in [0.05, 0.1) is 0 Å². The van der Waals surface area contributed by atoms with Crippen molar-refractivity contribution in [3.63, 3.8) is 0 Å². The zero-order chi connectivity index (χ0) is 14.1. The summed E-state index contributed by atoms with van der Waals surface area (Å²) in [6, 6.07) is 7.34. The Morgan fingerprint density at radius 1 is 1.40 bits per heavy atom. The maximum absolute atomic E-state index is 10.9. The second-order valence-corrected chi connectivity index (χ2v) is 5.77. The number of hydrogen-bond donors (Lipinski definition) is 2. The molecule has 0 unspecified atom stereocenters. The summed E-state index contributed by atoms with van der Waals surface area (Å²) in [6.07, 6.45) is 6.41. The molecule has 4 nitrogen and oxygen atoms in total. The van der Waals surface area contributed by atoms with Gasteiger partial charge in [-0.05, 0) is 30.4 Å². The smallest absolute Gasteiger partial charge is 0.320 e. The fourth-order valence-corrected chi connectivity index (χ4v) is 2.91. The number of aromatic nitrogens is 1. The summed E-state index contributed by atoms with van der Waals surface area (Å²) in [6.45, 7) is 1.03. The molecule has 0 spiro atoms. The lowest BCUT2D eigenvalue weighted by atomic mass is 9.85. The van der Waals surface area contributed by atoms with Gasteiger partial charge < -0.3 is 15.4 Å². The van der Waals surface area contributed by atoms with Crippen molar-refractivity contribution in [1.29, 1.82) is 0 Å². The maximum Gasteiger partial charge on any atom is 0.320 e. The Morgan fingerprint density at radius 3 is 2.80 bits per heavy atom. The van der Waals surface area contributed by atoms with Gasteiger partial charge in [0.15, 0.2) is 0 Å². The minimum atomic E-state index is -0.944. The van der Waals surface area contributed by atoms with Gasteiger partial charge in [-0.25, -0.2) is 0 Å². The average Bonchev–Trinajstić information content (AvgIpc) is 2.72. The summed E-state index contributed by atoms with van der Waals surface area (Å²) in [5.74, 6) is -0.173. The van der Waals surface area contributed by atoms with Crippen molar-refractivity contribution in [3.8, 4) is 0 Å². The monoisotopic (exact) mass is 272 g/mol. The van der Waals surface area contributed by atoms with Gasteiger partial charge >= 0.3 is 5.97 Å². The van der Waals surface area contributed by atoms with Gasteiger partial charge in [0.25, 0.3) is 0 Å². The lowest BCUT2D eigenvalue weighted by Crippen LogP contribution is -2.32. The number of carbonyl (C=O) groups is 1. The highest BCUT2D eigenvalue weighted by atomic mass is 16.4. The van der Waals surface area contributed by atoms with E-state index in [-0.39, 0.29) is 0 Å². The molecule has 20 heavy (non-hydrogen) atoms. The molecule has 1 atom stereocenters. The molecule has 106 valence electrons. The largest absolute Gasteiger partial charge is 0.480 e. The molecule has 2 aromatic rings. The van der Waals surface area contributed by atoms with E-state index in [0.717, 1.165) is 23.4 Å². The van der Waals surface area contributed by atoms with Crippen molar-refractivity contribution < 1.29 is 9.90 Å². The topological polar surface area (TPSA) is 68.2 Å². The first kappa shape index (κ1) is 13.2. The summed E-state index contributed by atoms with van der Waals surface area (Å²) >= 11 is 0. The van der Waals surface area contributed by atoms with Crippen LogP contribution in [-0.4, -0.2) is 21.7 Å². The number of rotatable bonds is 5. The van der Waals surface area contributed by atoms with Gasteiger partial charge in [-0.3, -0.25) is 4.79 Å². The van der Waals surface area contributed by atoms with Crippen LogP contribution in [0.15, 0.2) is 30.5 Å². The number of carboxylic acid groups (broad SMARTS) is 1. The molecule has 1 aromatic carbocycles. The SMILES string of the molecule is N[C@@H](Cc1cn(CC2CCC2)c2ccccc12)C(=O)O. The first-order valence-corrected chi connectivity index (χ1v) is 7.20. The van der Waals surface area contributed by atoms with Crippen molar-refractivity contribution >= 4 is 16.9 Å². The van der Waals surface area contributed by atoms with Crippen LogP contribution < -0.4 is 5.73 Å². The average molecular weight is 272 g/mol. The van der Waals surface area contributed by atoms with E-state index in [1.54, 1.807) is 0 Å². The molecule has 1 aliphatic rings. The van der Waals surface area contributed by atoms with Gasteiger partial charge in [-0.15, -0.1) is 0 Å². The number of hydrogen-bond acceptors (Lipinski definition) is 2. The quantitative estimate of drug-likeness (QED) is 0.878. The summed E-state index contributed by atoms with van der Waals surface area (Å²) < 4.78 is 2.27. The van der Waals surface area contributed by atoms with E-state index in [1.807, 2.05) is 12.1 Å². The molecule has 1 saturated carbocycles. The van der Waals surface area contributed by atoms with Crippen molar-refractivity contribution in [3.05, 3.63) is 36.0 Å². The van der Waals surface area contributed by atoms with Gasteiger partial charge in [0.2, 0.25) is 0 Å². The number of nitrogens with zero attached hydrogens (tertiary/aromatic N) is 1. The summed E-state index contributed by atoms with van der Waals surface area (Å²) in [5, 5.41) is 10.1. The Kier molecular flexibility index (Phi) is 3.49. The molecule has 0 radical (unpaired) electrons. The Bertz CT molecular complexity index is 628. The van der Waals surface area contributed by atoms with E-state index in [0.29, 0.717) is 6.42 Å². The number of aliphatic carboxylic acids is 1. The van der Waals surface area contributed by atoms with E-state index < -0.39 is 12.0 Å². The molecule has 0 amide bonds. The van der Waals surface area contributed by atoms with E-state index in [4.69, 9.17) is 10.8 Å². The molecule has 0 bridgehead atoms.